The van der Waals surface area contributed by atoms with Crippen molar-refractivity contribution in [1.29, 1.82) is 0 Å². The van der Waals surface area contributed by atoms with Gasteiger partial charge in [-0.15, -0.1) is 0 Å². The number of hydrogen-bond donors (Lipinski definition) is 3. The molecule has 72 valence electrons. The molecule has 0 aromatic rings. The molecular weight excluding hydrogens is 164 g/mol. The van der Waals surface area contributed by atoms with E-state index in [-0.39, 0.29) is 6.29 Å². The van der Waals surface area contributed by atoms with Crippen molar-refractivity contribution < 1.29 is 24.9 Å². The number of methoxy groups -OCH3 is 1. The lowest BCUT2D eigenvalue weighted by Gasteiger charge is -2.24. The van der Waals surface area contributed by atoms with Crippen molar-refractivity contribution in [2.24, 2.45) is 0 Å². The second-order valence-electron chi connectivity index (χ2n) is 2.56. The van der Waals surface area contributed by atoms with Crippen LogP contribution in [0.25, 0.3) is 0 Å². The molecule has 12 heavy (non-hydrogen) atoms. The summed E-state index contributed by atoms with van der Waals surface area (Å²) in [5.74, 6) is 0. The van der Waals surface area contributed by atoms with Gasteiger partial charge in [-0.05, 0) is 6.92 Å². The van der Waals surface area contributed by atoms with E-state index in [1.54, 1.807) is 0 Å². The minimum Gasteiger partial charge on any atom is -0.391 e. The first-order chi connectivity index (χ1) is 5.54. The Balaban J connectivity index is 4.22. The maximum Gasteiger partial charge on any atom is 0.151 e. The molecule has 0 aliphatic rings. The normalized spacial score (nSPS) is 21.1. The molecule has 0 spiro atoms. The molecule has 0 aliphatic heterocycles. The molecule has 0 aromatic heterocycles. The van der Waals surface area contributed by atoms with Crippen molar-refractivity contribution in [1.82, 2.24) is 0 Å². The van der Waals surface area contributed by atoms with Crippen LogP contribution in [-0.2, 0) is 9.53 Å². The highest BCUT2D eigenvalue weighted by molar-refractivity contribution is 5.56. The maximum atomic E-state index is 10.1. The molecule has 5 heteroatoms. The molecule has 0 radical (unpaired) electrons. The van der Waals surface area contributed by atoms with E-state index in [2.05, 4.69) is 4.74 Å². The van der Waals surface area contributed by atoms with Crippen LogP contribution in [0.15, 0.2) is 0 Å². The van der Waals surface area contributed by atoms with E-state index in [1.807, 2.05) is 0 Å². The summed E-state index contributed by atoms with van der Waals surface area (Å²) in [6.07, 6.45) is -4.57. The fourth-order valence-electron chi connectivity index (χ4n) is 0.833. The Hall–Kier alpha value is -0.490. The van der Waals surface area contributed by atoms with Crippen molar-refractivity contribution in [2.75, 3.05) is 7.11 Å². The van der Waals surface area contributed by atoms with Gasteiger partial charge in [-0.3, -0.25) is 0 Å². The van der Waals surface area contributed by atoms with Gasteiger partial charge in [0.05, 0.1) is 6.10 Å². The van der Waals surface area contributed by atoms with Crippen LogP contribution in [0.2, 0.25) is 0 Å². The predicted octanol–water partition coefficient (Wildman–Crippen LogP) is -1.70. The van der Waals surface area contributed by atoms with Gasteiger partial charge in [0.25, 0.3) is 0 Å². The number of hydrogen-bond acceptors (Lipinski definition) is 5. The smallest absolute Gasteiger partial charge is 0.151 e. The van der Waals surface area contributed by atoms with Crippen molar-refractivity contribution in [3.63, 3.8) is 0 Å². The van der Waals surface area contributed by atoms with Crippen molar-refractivity contribution in [3.05, 3.63) is 0 Å². The highest BCUT2D eigenvalue weighted by atomic mass is 16.5. The number of rotatable bonds is 5. The van der Waals surface area contributed by atoms with Gasteiger partial charge in [0.2, 0.25) is 0 Å². The van der Waals surface area contributed by atoms with E-state index in [0.29, 0.717) is 0 Å². The zero-order chi connectivity index (χ0) is 9.72. The number of aliphatic hydroxyl groups is 3. The van der Waals surface area contributed by atoms with Gasteiger partial charge in [-0.2, -0.15) is 0 Å². The van der Waals surface area contributed by atoms with Crippen LogP contribution in [-0.4, -0.2) is 53.1 Å². The van der Waals surface area contributed by atoms with E-state index >= 15 is 0 Å². The average molecular weight is 178 g/mol. The summed E-state index contributed by atoms with van der Waals surface area (Å²) >= 11 is 0. The third-order valence-corrected chi connectivity index (χ3v) is 1.58. The molecule has 0 fully saturated rings. The van der Waals surface area contributed by atoms with Gasteiger partial charge in [0.15, 0.2) is 6.29 Å². The van der Waals surface area contributed by atoms with Crippen molar-refractivity contribution in [2.45, 2.75) is 31.3 Å². The summed E-state index contributed by atoms with van der Waals surface area (Å²) < 4.78 is 4.63. The lowest BCUT2D eigenvalue weighted by atomic mass is 10.1. The standard InChI is InChI=1S/C7H14O5/c1-4(9)6(11)7(12-2)5(10)3-8/h3-7,9-11H,1-2H3/t4-,5-,6-,7+/m1/s1. The molecule has 3 N–H and O–H groups in total. The Morgan fingerprint density at radius 2 is 1.83 bits per heavy atom. The number of carbonyl (C=O) groups excluding carboxylic acids is 1. The van der Waals surface area contributed by atoms with E-state index in [0.717, 1.165) is 0 Å². The van der Waals surface area contributed by atoms with Gasteiger partial charge >= 0.3 is 0 Å². The Kier molecular flexibility index (Phi) is 5.00. The molecule has 0 rings (SSSR count). The number of aliphatic hydroxyl groups excluding tert-OH is 3. The fraction of sp³-hybridized carbons (Fsp3) is 0.857. The number of ether oxygens (including phenoxy) is 1. The topological polar surface area (TPSA) is 87.0 Å². The molecule has 0 saturated carbocycles. The Morgan fingerprint density at radius 1 is 1.33 bits per heavy atom. The molecule has 0 saturated heterocycles. The SMILES string of the molecule is CO[C@H]([C@H](O)[C@@H](C)O)[C@H](O)C=O. The van der Waals surface area contributed by atoms with E-state index < -0.39 is 24.4 Å². The molecule has 0 aromatic carbocycles. The third-order valence-electron chi connectivity index (χ3n) is 1.58. The summed E-state index contributed by atoms with van der Waals surface area (Å²) in [7, 11) is 1.24. The van der Waals surface area contributed by atoms with Gasteiger partial charge < -0.3 is 24.9 Å². The summed E-state index contributed by atoms with van der Waals surface area (Å²) in [6, 6.07) is 0. The monoisotopic (exact) mass is 178 g/mol. The van der Waals surface area contributed by atoms with E-state index in [1.165, 1.54) is 14.0 Å². The van der Waals surface area contributed by atoms with Crippen LogP contribution in [0.4, 0.5) is 0 Å². The molecule has 5 nitrogen and oxygen atoms in total. The van der Waals surface area contributed by atoms with Gasteiger partial charge in [0, 0.05) is 7.11 Å². The first kappa shape index (κ1) is 11.5. The Labute approximate surface area is 70.6 Å². The van der Waals surface area contributed by atoms with Crippen LogP contribution in [0.3, 0.4) is 0 Å². The molecule has 0 unspecified atom stereocenters. The van der Waals surface area contributed by atoms with Crippen LogP contribution in [0.5, 0.6) is 0 Å². The zero-order valence-corrected chi connectivity index (χ0v) is 7.04. The van der Waals surface area contributed by atoms with Crippen LogP contribution in [0.1, 0.15) is 6.92 Å². The first-order valence-corrected chi connectivity index (χ1v) is 3.56. The van der Waals surface area contributed by atoms with Crippen LogP contribution >= 0.6 is 0 Å². The van der Waals surface area contributed by atoms with Gasteiger partial charge in [-0.25, -0.2) is 0 Å². The quantitative estimate of drug-likeness (QED) is 0.437. The first-order valence-electron chi connectivity index (χ1n) is 3.56. The molecule has 0 heterocycles. The Bertz CT molecular complexity index is 136. The summed E-state index contributed by atoms with van der Waals surface area (Å²) in [6.45, 7) is 1.34. The molecule has 0 bridgehead atoms. The second-order valence-corrected chi connectivity index (χ2v) is 2.56. The van der Waals surface area contributed by atoms with Gasteiger partial charge in [-0.1, -0.05) is 0 Å². The Morgan fingerprint density at radius 3 is 2.08 bits per heavy atom. The van der Waals surface area contributed by atoms with Gasteiger partial charge in [0.1, 0.15) is 18.3 Å². The summed E-state index contributed by atoms with van der Waals surface area (Å²) in [4.78, 5) is 10.1. The molecule has 4 atom stereocenters. The zero-order valence-electron chi connectivity index (χ0n) is 7.04. The lowest BCUT2D eigenvalue weighted by Crippen LogP contribution is -2.45. The molecule has 0 amide bonds. The predicted molar refractivity (Wildman–Crippen MR) is 40.6 cm³/mol. The minimum absolute atomic E-state index is 0.250. The third kappa shape index (κ3) is 2.86. The van der Waals surface area contributed by atoms with E-state index in [4.69, 9.17) is 10.2 Å². The molecule has 0 aliphatic carbocycles. The highest BCUT2D eigenvalue weighted by Crippen LogP contribution is 2.06. The van der Waals surface area contributed by atoms with Crippen LogP contribution < -0.4 is 0 Å². The minimum atomic E-state index is -1.42. The van der Waals surface area contributed by atoms with Crippen molar-refractivity contribution >= 4 is 6.29 Å². The van der Waals surface area contributed by atoms with Crippen molar-refractivity contribution in [3.8, 4) is 0 Å². The maximum absolute atomic E-state index is 10.1. The molecular formula is C7H14O5. The van der Waals surface area contributed by atoms with E-state index in [9.17, 15) is 9.90 Å². The average Bonchev–Trinajstić information content (AvgIpc) is 2.05. The number of aldehydes is 1. The van der Waals surface area contributed by atoms with Crippen LogP contribution in [0, 0.1) is 0 Å². The largest absolute Gasteiger partial charge is 0.391 e. The summed E-state index contributed by atoms with van der Waals surface area (Å²) in [5, 5.41) is 27.1. The summed E-state index contributed by atoms with van der Waals surface area (Å²) in [5.41, 5.74) is 0. The second kappa shape index (κ2) is 5.21. The lowest BCUT2D eigenvalue weighted by molar-refractivity contribution is -0.138. The fourth-order valence-corrected chi connectivity index (χ4v) is 0.833. The number of carbonyl (C=O) groups is 1. The highest BCUT2D eigenvalue weighted by Gasteiger charge is 2.29.